The SMILES string of the molecule is COC(=O)c1cc(F)c2cnccc2c1. The average Bonchev–Trinajstić information content (AvgIpc) is 2.28. The van der Waals surface area contributed by atoms with Gasteiger partial charge >= 0.3 is 5.97 Å². The summed E-state index contributed by atoms with van der Waals surface area (Å²) in [5.74, 6) is -1.02. The third-order valence-corrected chi connectivity index (χ3v) is 2.13. The van der Waals surface area contributed by atoms with Crippen LogP contribution >= 0.6 is 0 Å². The lowest BCUT2D eigenvalue weighted by atomic mass is 10.1. The number of pyridine rings is 1. The van der Waals surface area contributed by atoms with Crippen LogP contribution in [0.1, 0.15) is 10.4 Å². The fourth-order valence-electron chi connectivity index (χ4n) is 1.39. The van der Waals surface area contributed by atoms with Crippen LogP contribution < -0.4 is 0 Å². The van der Waals surface area contributed by atoms with Crippen molar-refractivity contribution in [1.82, 2.24) is 4.98 Å². The minimum atomic E-state index is -0.549. The van der Waals surface area contributed by atoms with Crippen LogP contribution in [0.3, 0.4) is 0 Å². The Morgan fingerprint density at radius 3 is 3.00 bits per heavy atom. The highest BCUT2D eigenvalue weighted by Gasteiger charge is 2.09. The molecule has 0 fully saturated rings. The first kappa shape index (κ1) is 9.58. The molecule has 3 nitrogen and oxygen atoms in total. The molecule has 0 unspecified atom stereocenters. The molecule has 2 aromatic rings. The molecule has 0 radical (unpaired) electrons. The number of esters is 1. The summed E-state index contributed by atoms with van der Waals surface area (Å²) >= 11 is 0. The van der Waals surface area contributed by atoms with E-state index in [4.69, 9.17) is 0 Å². The summed E-state index contributed by atoms with van der Waals surface area (Å²) in [5.41, 5.74) is 0.203. The van der Waals surface area contributed by atoms with E-state index in [0.717, 1.165) is 6.07 Å². The number of hydrogen-bond acceptors (Lipinski definition) is 3. The number of aromatic nitrogens is 1. The van der Waals surface area contributed by atoms with Crippen LogP contribution in [0.25, 0.3) is 10.8 Å². The predicted octanol–water partition coefficient (Wildman–Crippen LogP) is 2.16. The molecule has 4 heteroatoms. The van der Waals surface area contributed by atoms with Crippen LogP contribution in [0.2, 0.25) is 0 Å². The van der Waals surface area contributed by atoms with Crippen molar-refractivity contribution in [1.29, 1.82) is 0 Å². The Hall–Kier alpha value is -1.97. The van der Waals surface area contributed by atoms with Gasteiger partial charge in [0.25, 0.3) is 0 Å². The maximum absolute atomic E-state index is 13.5. The molecule has 0 saturated heterocycles. The molecule has 0 amide bonds. The van der Waals surface area contributed by atoms with Gasteiger partial charge in [-0.1, -0.05) is 0 Å². The van der Waals surface area contributed by atoms with Crippen molar-refractivity contribution in [2.45, 2.75) is 0 Å². The van der Waals surface area contributed by atoms with Crippen molar-refractivity contribution in [2.24, 2.45) is 0 Å². The van der Waals surface area contributed by atoms with Crippen molar-refractivity contribution >= 4 is 16.7 Å². The molecule has 0 aliphatic carbocycles. The van der Waals surface area contributed by atoms with E-state index in [1.165, 1.54) is 13.3 Å². The van der Waals surface area contributed by atoms with Gasteiger partial charge < -0.3 is 4.74 Å². The maximum atomic E-state index is 13.5. The average molecular weight is 205 g/mol. The first-order chi connectivity index (χ1) is 7.22. The van der Waals surface area contributed by atoms with Crippen LogP contribution in [0.5, 0.6) is 0 Å². The zero-order chi connectivity index (χ0) is 10.8. The summed E-state index contributed by atoms with van der Waals surface area (Å²) in [6, 6.07) is 4.37. The van der Waals surface area contributed by atoms with E-state index in [1.807, 2.05) is 0 Å². The Bertz CT molecular complexity index is 525. The Morgan fingerprint density at radius 2 is 2.27 bits per heavy atom. The lowest BCUT2D eigenvalue weighted by Gasteiger charge is -2.02. The Morgan fingerprint density at radius 1 is 1.47 bits per heavy atom. The quantitative estimate of drug-likeness (QED) is 0.669. The van der Waals surface area contributed by atoms with E-state index in [-0.39, 0.29) is 5.56 Å². The lowest BCUT2D eigenvalue weighted by Crippen LogP contribution is -2.01. The van der Waals surface area contributed by atoms with E-state index in [9.17, 15) is 9.18 Å². The molecular weight excluding hydrogens is 197 g/mol. The van der Waals surface area contributed by atoms with Gasteiger partial charge in [0.05, 0.1) is 12.7 Å². The summed E-state index contributed by atoms with van der Waals surface area (Å²) in [6.45, 7) is 0. The molecule has 0 atom stereocenters. The van der Waals surface area contributed by atoms with Crippen molar-refractivity contribution in [3.05, 3.63) is 42.0 Å². The molecule has 0 aliphatic rings. The Balaban J connectivity index is 2.67. The highest BCUT2D eigenvalue weighted by atomic mass is 19.1. The topological polar surface area (TPSA) is 39.2 Å². The van der Waals surface area contributed by atoms with E-state index >= 15 is 0 Å². The molecular formula is C11H8FNO2. The zero-order valence-corrected chi connectivity index (χ0v) is 8.03. The van der Waals surface area contributed by atoms with Crippen LogP contribution in [-0.2, 0) is 4.74 Å². The van der Waals surface area contributed by atoms with E-state index in [2.05, 4.69) is 9.72 Å². The van der Waals surface area contributed by atoms with Crippen LogP contribution in [0, 0.1) is 5.82 Å². The second-order valence-corrected chi connectivity index (χ2v) is 3.05. The van der Waals surface area contributed by atoms with Gasteiger partial charge in [-0.15, -0.1) is 0 Å². The van der Waals surface area contributed by atoms with Gasteiger partial charge in [-0.25, -0.2) is 9.18 Å². The molecule has 0 aliphatic heterocycles. The van der Waals surface area contributed by atoms with Crippen LogP contribution in [-0.4, -0.2) is 18.1 Å². The molecule has 1 heterocycles. The zero-order valence-electron chi connectivity index (χ0n) is 8.03. The van der Waals surface area contributed by atoms with Gasteiger partial charge in [-0.2, -0.15) is 0 Å². The molecule has 0 saturated carbocycles. The molecule has 2 rings (SSSR count). The number of benzene rings is 1. The van der Waals surface area contributed by atoms with E-state index < -0.39 is 11.8 Å². The second-order valence-electron chi connectivity index (χ2n) is 3.05. The molecule has 0 N–H and O–H groups in total. The third-order valence-electron chi connectivity index (χ3n) is 2.13. The minimum absolute atomic E-state index is 0.203. The number of hydrogen-bond donors (Lipinski definition) is 0. The number of nitrogens with zero attached hydrogens (tertiary/aromatic N) is 1. The van der Waals surface area contributed by atoms with E-state index in [1.54, 1.807) is 18.3 Å². The summed E-state index contributed by atoms with van der Waals surface area (Å²) in [4.78, 5) is 15.0. The monoisotopic (exact) mass is 205 g/mol. The Kier molecular flexibility index (Phi) is 2.33. The normalized spacial score (nSPS) is 10.3. The van der Waals surface area contributed by atoms with Gasteiger partial charge in [-0.05, 0) is 23.6 Å². The largest absolute Gasteiger partial charge is 0.465 e. The van der Waals surface area contributed by atoms with Crippen molar-refractivity contribution < 1.29 is 13.9 Å². The fourth-order valence-corrected chi connectivity index (χ4v) is 1.39. The van der Waals surface area contributed by atoms with E-state index in [0.29, 0.717) is 10.8 Å². The van der Waals surface area contributed by atoms with Crippen molar-refractivity contribution in [2.75, 3.05) is 7.11 Å². The number of carbonyl (C=O) groups excluding carboxylic acids is 1. The summed E-state index contributed by atoms with van der Waals surface area (Å²) < 4.78 is 18.0. The molecule has 0 bridgehead atoms. The van der Waals surface area contributed by atoms with Gasteiger partial charge in [0.15, 0.2) is 0 Å². The minimum Gasteiger partial charge on any atom is -0.465 e. The smallest absolute Gasteiger partial charge is 0.337 e. The van der Waals surface area contributed by atoms with Gasteiger partial charge in [0, 0.05) is 17.8 Å². The van der Waals surface area contributed by atoms with Crippen molar-refractivity contribution in [3.8, 4) is 0 Å². The lowest BCUT2D eigenvalue weighted by molar-refractivity contribution is 0.0600. The molecule has 15 heavy (non-hydrogen) atoms. The standard InChI is InChI=1S/C11H8FNO2/c1-15-11(14)8-4-7-2-3-13-6-9(7)10(12)5-8/h2-6H,1H3. The van der Waals surface area contributed by atoms with Gasteiger partial charge in [0.1, 0.15) is 5.82 Å². The third kappa shape index (κ3) is 1.66. The van der Waals surface area contributed by atoms with Crippen LogP contribution in [0.4, 0.5) is 4.39 Å². The molecule has 1 aromatic carbocycles. The molecule has 1 aromatic heterocycles. The first-order valence-corrected chi connectivity index (χ1v) is 4.34. The van der Waals surface area contributed by atoms with Gasteiger partial charge in [-0.3, -0.25) is 4.98 Å². The summed E-state index contributed by atoms with van der Waals surface area (Å²) in [5, 5.41) is 1.02. The fraction of sp³-hybridized carbons (Fsp3) is 0.0909. The molecule has 76 valence electrons. The first-order valence-electron chi connectivity index (χ1n) is 4.34. The van der Waals surface area contributed by atoms with Gasteiger partial charge in [0.2, 0.25) is 0 Å². The number of ether oxygens (including phenoxy) is 1. The maximum Gasteiger partial charge on any atom is 0.337 e. The number of rotatable bonds is 1. The number of halogens is 1. The molecule has 0 spiro atoms. The number of carbonyl (C=O) groups is 1. The highest BCUT2D eigenvalue weighted by Crippen LogP contribution is 2.19. The number of methoxy groups -OCH3 is 1. The number of fused-ring (bicyclic) bond motifs is 1. The van der Waals surface area contributed by atoms with Crippen molar-refractivity contribution in [3.63, 3.8) is 0 Å². The Labute approximate surface area is 85.5 Å². The van der Waals surface area contributed by atoms with Crippen LogP contribution in [0.15, 0.2) is 30.6 Å². The highest BCUT2D eigenvalue weighted by molar-refractivity contribution is 5.95. The summed E-state index contributed by atoms with van der Waals surface area (Å²) in [6.07, 6.45) is 2.97. The second kappa shape index (κ2) is 3.65. The predicted molar refractivity (Wildman–Crippen MR) is 53.0 cm³/mol. The summed E-state index contributed by atoms with van der Waals surface area (Å²) in [7, 11) is 1.26.